The van der Waals surface area contributed by atoms with E-state index in [9.17, 15) is 0 Å². The third-order valence-electron chi connectivity index (χ3n) is 2.05. The fourth-order valence-electron chi connectivity index (χ4n) is 1.41. The first-order valence-electron chi connectivity index (χ1n) is 4.15. The summed E-state index contributed by atoms with van der Waals surface area (Å²) in [6, 6.07) is 7.28. The standard InChI is InChI=1S/C10H8Cl2N2/c11-7-1-2-8-6(5-13)3-10(12)14-9(8)4-7/h1-4H,5,13H2. The molecule has 1 heterocycles. The first kappa shape index (κ1) is 9.71. The summed E-state index contributed by atoms with van der Waals surface area (Å²) >= 11 is 11.7. The Bertz CT molecular complexity index is 478. The lowest BCUT2D eigenvalue weighted by molar-refractivity contribution is 1.08. The lowest BCUT2D eigenvalue weighted by Crippen LogP contribution is -1.98. The largest absolute Gasteiger partial charge is 0.326 e. The number of hydrogen-bond donors (Lipinski definition) is 1. The van der Waals surface area contributed by atoms with E-state index in [-0.39, 0.29) is 0 Å². The number of halogens is 2. The van der Waals surface area contributed by atoms with Gasteiger partial charge in [-0.3, -0.25) is 0 Å². The number of nitrogens with zero attached hydrogens (tertiary/aromatic N) is 1. The van der Waals surface area contributed by atoms with Crippen LogP contribution in [0.3, 0.4) is 0 Å². The van der Waals surface area contributed by atoms with E-state index in [0.29, 0.717) is 16.7 Å². The van der Waals surface area contributed by atoms with E-state index < -0.39 is 0 Å². The van der Waals surface area contributed by atoms with Gasteiger partial charge < -0.3 is 5.73 Å². The molecule has 0 fully saturated rings. The highest BCUT2D eigenvalue weighted by Gasteiger charge is 2.03. The summed E-state index contributed by atoms with van der Waals surface area (Å²) in [7, 11) is 0. The van der Waals surface area contributed by atoms with E-state index in [4.69, 9.17) is 28.9 Å². The number of aromatic nitrogens is 1. The Morgan fingerprint density at radius 3 is 2.71 bits per heavy atom. The molecule has 4 heteroatoms. The van der Waals surface area contributed by atoms with Crippen LogP contribution in [-0.4, -0.2) is 4.98 Å². The molecule has 2 nitrogen and oxygen atoms in total. The van der Waals surface area contributed by atoms with E-state index in [2.05, 4.69) is 4.98 Å². The molecule has 0 aliphatic carbocycles. The second-order valence-corrected chi connectivity index (χ2v) is 3.79. The zero-order valence-corrected chi connectivity index (χ0v) is 8.81. The number of pyridine rings is 1. The molecule has 2 rings (SSSR count). The van der Waals surface area contributed by atoms with Gasteiger partial charge in [-0.25, -0.2) is 4.98 Å². The van der Waals surface area contributed by atoms with Crippen molar-refractivity contribution >= 4 is 34.1 Å². The van der Waals surface area contributed by atoms with Crippen molar-refractivity contribution in [3.8, 4) is 0 Å². The average Bonchev–Trinajstić information content (AvgIpc) is 2.15. The molecule has 0 aliphatic heterocycles. The Morgan fingerprint density at radius 2 is 2.00 bits per heavy atom. The molecule has 2 N–H and O–H groups in total. The van der Waals surface area contributed by atoms with Gasteiger partial charge in [-0.05, 0) is 23.8 Å². The van der Waals surface area contributed by atoms with Crippen LogP contribution in [0.4, 0.5) is 0 Å². The monoisotopic (exact) mass is 226 g/mol. The van der Waals surface area contributed by atoms with Crippen LogP contribution in [0, 0.1) is 0 Å². The van der Waals surface area contributed by atoms with Gasteiger partial charge in [0.2, 0.25) is 0 Å². The summed E-state index contributed by atoms with van der Waals surface area (Å²) in [6.07, 6.45) is 0. The molecule has 0 saturated heterocycles. The van der Waals surface area contributed by atoms with Gasteiger partial charge in [0.05, 0.1) is 5.52 Å². The normalized spacial score (nSPS) is 10.8. The molecule has 0 aliphatic rings. The summed E-state index contributed by atoms with van der Waals surface area (Å²) in [5.74, 6) is 0. The minimum atomic E-state index is 0.445. The summed E-state index contributed by atoms with van der Waals surface area (Å²) in [6.45, 7) is 0.445. The molecule has 0 saturated carbocycles. The Labute approximate surface area is 91.6 Å². The molecule has 1 aromatic heterocycles. The Balaban J connectivity index is 2.81. The number of nitrogens with two attached hydrogens (primary N) is 1. The Kier molecular flexibility index (Phi) is 2.59. The van der Waals surface area contributed by atoms with E-state index >= 15 is 0 Å². The van der Waals surface area contributed by atoms with Gasteiger partial charge in [-0.1, -0.05) is 29.3 Å². The van der Waals surface area contributed by atoms with Gasteiger partial charge in [0.1, 0.15) is 5.15 Å². The van der Waals surface area contributed by atoms with Crippen LogP contribution >= 0.6 is 23.2 Å². The van der Waals surface area contributed by atoms with Gasteiger partial charge in [-0.15, -0.1) is 0 Å². The van der Waals surface area contributed by atoms with E-state index in [1.807, 2.05) is 12.1 Å². The lowest BCUT2D eigenvalue weighted by atomic mass is 10.1. The van der Waals surface area contributed by atoms with Crippen molar-refractivity contribution in [1.29, 1.82) is 0 Å². The zero-order chi connectivity index (χ0) is 10.1. The molecule has 0 radical (unpaired) electrons. The molecule has 72 valence electrons. The SMILES string of the molecule is NCc1cc(Cl)nc2cc(Cl)ccc12. The van der Waals surface area contributed by atoms with Crippen LogP contribution in [0.5, 0.6) is 0 Å². The van der Waals surface area contributed by atoms with Crippen LogP contribution in [0.2, 0.25) is 10.2 Å². The maximum absolute atomic E-state index is 5.85. The minimum absolute atomic E-state index is 0.445. The fourth-order valence-corrected chi connectivity index (χ4v) is 1.80. The highest BCUT2D eigenvalue weighted by atomic mass is 35.5. The smallest absolute Gasteiger partial charge is 0.130 e. The van der Waals surface area contributed by atoms with E-state index in [1.54, 1.807) is 12.1 Å². The van der Waals surface area contributed by atoms with Crippen LogP contribution in [0.1, 0.15) is 5.56 Å². The first-order chi connectivity index (χ1) is 6.70. The molecule has 0 amide bonds. The average molecular weight is 227 g/mol. The molecule has 0 atom stereocenters. The summed E-state index contributed by atoms with van der Waals surface area (Å²) in [4.78, 5) is 4.17. The highest BCUT2D eigenvalue weighted by Crippen LogP contribution is 2.23. The van der Waals surface area contributed by atoms with Gasteiger partial charge in [-0.2, -0.15) is 0 Å². The van der Waals surface area contributed by atoms with Crippen molar-refractivity contribution in [2.75, 3.05) is 0 Å². The maximum Gasteiger partial charge on any atom is 0.130 e. The predicted octanol–water partition coefficient (Wildman–Crippen LogP) is 3.00. The quantitative estimate of drug-likeness (QED) is 0.760. The molecule has 0 unspecified atom stereocenters. The third kappa shape index (κ3) is 1.69. The molecule has 0 spiro atoms. The van der Waals surface area contributed by atoms with Crippen molar-refractivity contribution in [3.05, 3.63) is 40.0 Å². The van der Waals surface area contributed by atoms with E-state index in [0.717, 1.165) is 16.5 Å². The van der Waals surface area contributed by atoms with Crippen LogP contribution in [0.15, 0.2) is 24.3 Å². The number of fused-ring (bicyclic) bond motifs is 1. The number of rotatable bonds is 1. The summed E-state index contributed by atoms with van der Waals surface area (Å²) in [5.41, 5.74) is 7.37. The molecular weight excluding hydrogens is 219 g/mol. The first-order valence-corrected chi connectivity index (χ1v) is 4.91. The van der Waals surface area contributed by atoms with Gasteiger partial charge in [0.25, 0.3) is 0 Å². The molecular formula is C10H8Cl2N2. The topological polar surface area (TPSA) is 38.9 Å². The van der Waals surface area contributed by atoms with Gasteiger partial charge >= 0.3 is 0 Å². The highest BCUT2D eigenvalue weighted by molar-refractivity contribution is 6.31. The molecule has 2 aromatic rings. The second-order valence-electron chi connectivity index (χ2n) is 2.97. The molecule has 1 aromatic carbocycles. The third-order valence-corrected chi connectivity index (χ3v) is 2.47. The predicted molar refractivity (Wildman–Crippen MR) is 59.7 cm³/mol. The fraction of sp³-hybridized carbons (Fsp3) is 0.100. The Morgan fingerprint density at radius 1 is 1.21 bits per heavy atom. The maximum atomic E-state index is 5.85. The van der Waals surface area contributed by atoms with Crippen LogP contribution < -0.4 is 5.73 Å². The summed E-state index contributed by atoms with van der Waals surface area (Å²) in [5, 5.41) is 2.09. The van der Waals surface area contributed by atoms with E-state index in [1.165, 1.54) is 0 Å². The number of benzene rings is 1. The Hall–Kier alpha value is -0.830. The van der Waals surface area contributed by atoms with Crippen molar-refractivity contribution < 1.29 is 0 Å². The van der Waals surface area contributed by atoms with Gasteiger partial charge in [0.15, 0.2) is 0 Å². The van der Waals surface area contributed by atoms with Crippen molar-refractivity contribution in [2.45, 2.75) is 6.54 Å². The minimum Gasteiger partial charge on any atom is -0.326 e. The summed E-state index contributed by atoms with van der Waals surface area (Å²) < 4.78 is 0. The van der Waals surface area contributed by atoms with Crippen molar-refractivity contribution in [2.24, 2.45) is 5.73 Å². The second kappa shape index (κ2) is 3.73. The van der Waals surface area contributed by atoms with Crippen molar-refractivity contribution in [1.82, 2.24) is 4.98 Å². The molecule has 0 bridgehead atoms. The number of hydrogen-bond acceptors (Lipinski definition) is 2. The van der Waals surface area contributed by atoms with Crippen molar-refractivity contribution in [3.63, 3.8) is 0 Å². The van der Waals surface area contributed by atoms with Crippen LogP contribution in [-0.2, 0) is 6.54 Å². The lowest BCUT2D eigenvalue weighted by Gasteiger charge is -2.04. The zero-order valence-electron chi connectivity index (χ0n) is 7.30. The van der Waals surface area contributed by atoms with Gasteiger partial charge in [0, 0.05) is 17.0 Å². The van der Waals surface area contributed by atoms with Crippen LogP contribution in [0.25, 0.3) is 10.9 Å². The molecule has 14 heavy (non-hydrogen) atoms.